The van der Waals surface area contributed by atoms with Crippen LogP contribution in [0.4, 0.5) is 5.82 Å². The van der Waals surface area contributed by atoms with E-state index in [9.17, 15) is 0 Å². The van der Waals surface area contributed by atoms with Gasteiger partial charge in [0.25, 0.3) is 0 Å². The van der Waals surface area contributed by atoms with Gasteiger partial charge in [-0.05, 0) is 19.1 Å². The number of imidazole rings is 1. The van der Waals surface area contributed by atoms with Gasteiger partial charge in [0.05, 0.1) is 12.4 Å². The summed E-state index contributed by atoms with van der Waals surface area (Å²) in [6.45, 7) is 2.70. The van der Waals surface area contributed by atoms with E-state index in [-0.39, 0.29) is 0 Å². The SMILES string of the molecule is CCn1c(N)cnc1Oc1cccnc1. The lowest BCUT2D eigenvalue weighted by molar-refractivity contribution is 0.415. The van der Waals surface area contributed by atoms with Crippen LogP contribution in [0.1, 0.15) is 6.92 Å². The summed E-state index contributed by atoms with van der Waals surface area (Å²) in [6, 6.07) is 4.11. The Labute approximate surface area is 87.5 Å². The molecule has 0 unspecified atom stereocenters. The molecule has 0 fully saturated rings. The van der Waals surface area contributed by atoms with E-state index in [1.54, 1.807) is 29.2 Å². The number of hydrogen-bond donors (Lipinski definition) is 1. The van der Waals surface area contributed by atoms with Crippen LogP contribution in [0.2, 0.25) is 0 Å². The van der Waals surface area contributed by atoms with Crippen LogP contribution in [0.5, 0.6) is 11.8 Å². The van der Waals surface area contributed by atoms with Crippen molar-refractivity contribution in [1.82, 2.24) is 14.5 Å². The Balaban J connectivity index is 2.25. The molecule has 0 aliphatic carbocycles. The first-order valence-electron chi connectivity index (χ1n) is 4.70. The van der Waals surface area contributed by atoms with Gasteiger partial charge >= 0.3 is 6.01 Å². The molecule has 0 aliphatic heterocycles. The van der Waals surface area contributed by atoms with Crippen LogP contribution < -0.4 is 10.5 Å². The Morgan fingerprint density at radius 3 is 3.00 bits per heavy atom. The minimum atomic E-state index is 0.489. The third-order valence-corrected chi connectivity index (χ3v) is 2.01. The number of nitrogens with zero attached hydrogens (tertiary/aromatic N) is 3. The smallest absolute Gasteiger partial charge is 0.303 e. The van der Waals surface area contributed by atoms with Crippen molar-refractivity contribution in [3.05, 3.63) is 30.7 Å². The summed E-state index contributed by atoms with van der Waals surface area (Å²) in [4.78, 5) is 8.02. The summed E-state index contributed by atoms with van der Waals surface area (Å²) in [5.41, 5.74) is 5.71. The second-order valence-corrected chi connectivity index (χ2v) is 3.00. The van der Waals surface area contributed by atoms with Gasteiger partial charge in [0.2, 0.25) is 0 Å². The van der Waals surface area contributed by atoms with Crippen LogP contribution in [0.3, 0.4) is 0 Å². The van der Waals surface area contributed by atoms with E-state index >= 15 is 0 Å². The van der Waals surface area contributed by atoms with Crippen molar-refractivity contribution < 1.29 is 4.74 Å². The zero-order chi connectivity index (χ0) is 10.7. The predicted octanol–water partition coefficient (Wildman–Crippen LogP) is 1.67. The quantitative estimate of drug-likeness (QED) is 0.825. The highest BCUT2D eigenvalue weighted by atomic mass is 16.5. The van der Waals surface area contributed by atoms with Crippen molar-refractivity contribution >= 4 is 5.82 Å². The molecule has 0 amide bonds. The van der Waals surface area contributed by atoms with E-state index < -0.39 is 0 Å². The molecule has 0 atom stereocenters. The molecule has 2 aromatic heterocycles. The lowest BCUT2D eigenvalue weighted by atomic mass is 10.5. The van der Waals surface area contributed by atoms with Crippen molar-refractivity contribution in [1.29, 1.82) is 0 Å². The fourth-order valence-corrected chi connectivity index (χ4v) is 1.28. The highest BCUT2D eigenvalue weighted by molar-refractivity contribution is 5.32. The monoisotopic (exact) mass is 204 g/mol. The molecule has 0 radical (unpaired) electrons. The lowest BCUT2D eigenvalue weighted by Gasteiger charge is -2.06. The highest BCUT2D eigenvalue weighted by Gasteiger charge is 2.07. The Morgan fingerprint density at radius 2 is 2.33 bits per heavy atom. The van der Waals surface area contributed by atoms with E-state index in [0.717, 1.165) is 6.54 Å². The highest BCUT2D eigenvalue weighted by Crippen LogP contribution is 2.21. The van der Waals surface area contributed by atoms with Crippen molar-refractivity contribution in [3.8, 4) is 11.8 Å². The van der Waals surface area contributed by atoms with Gasteiger partial charge in [-0.15, -0.1) is 0 Å². The first-order chi connectivity index (χ1) is 7.31. The van der Waals surface area contributed by atoms with Crippen LogP contribution in [-0.2, 0) is 6.54 Å². The van der Waals surface area contributed by atoms with E-state index in [0.29, 0.717) is 17.6 Å². The van der Waals surface area contributed by atoms with Crippen molar-refractivity contribution in [2.75, 3.05) is 5.73 Å². The zero-order valence-corrected chi connectivity index (χ0v) is 8.42. The standard InChI is InChI=1S/C10H12N4O/c1-2-14-9(11)7-13-10(14)15-8-4-3-5-12-6-8/h3-7H,2,11H2,1H3. The van der Waals surface area contributed by atoms with Crippen LogP contribution in [0.25, 0.3) is 0 Å². The Bertz CT molecular complexity index is 438. The van der Waals surface area contributed by atoms with Gasteiger partial charge in [-0.3, -0.25) is 9.55 Å². The number of nitrogens with two attached hydrogens (primary N) is 1. The Kier molecular flexibility index (Phi) is 2.53. The van der Waals surface area contributed by atoms with Gasteiger partial charge in [0, 0.05) is 12.7 Å². The Hall–Kier alpha value is -2.04. The summed E-state index contributed by atoms with van der Waals surface area (Å²) in [6.07, 6.45) is 4.90. The number of aromatic nitrogens is 3. The van der Waals surface area contributed by atoms with Crippen molar-refractivity contribution in [2.24, 2.45) is 0 Å². The molecule has 2 aromatic rings. The second kappa shape index (κ2) is 4.00. The number of ether oxygens (including phenoxy) is 1. The maximum absolute atomic E-state index is 5.71. The second-order valence-electron chi connectivity index (χ2n) is 3.00. The largest absolute Gasteiger partial charge is 0.424 e. The zero-order valence-electron chi connectivity index (χ0n) is 8.42. The Morgan fingerprint density at radius 1 is 1.47 bits per heavy atom. The molecular formula is C10H12N4O. The molecule has 15 heavy (non-hydrogen) atoms. The minimum absolute atomic E-state index is 0.489. The molecule has 0 aromatic carbocycles. The number of anilines is 1. The fraction of sp³-hybridized carbons (Fsp3) is 0.200. The van der Waals surface area contributed by atoms with Crippen molar-refractivity contribution in [3.63, 3.8) is 0 Å². The first kappa shape index (κ1) is 9.51. The van der Waals surface area contributed by atoms with E-state index in [1.165, 1.54) is 0 Å². The van der Waals surface area contributed by atoms with Crippen LogP contribution in [-0.4, -0.2) is 14.5 Å². The van der Waals surface area contributed by atoms with Gasteiger partial charge < -0.3 is 10.5 Å². The van der Waals surface area contributed by atoms with Gasteiger partial charge in [-0.25, -0.2) is 4.98 Å². The minimum Gasteiger partial charge on any atom is -0.424 e. The first-order valence-corrected chi connectivity index (χ1v) is 4.70. The topological polar surface area (TPSA) is 66.0 Å². The molecular weight excluding hydrogens is 192 g/mol. The van der Waals surface area contributed by atoms with Gasteiger partial charge in [0.1, 0.15) is 11.6 Å². The molecule has 5 heteroatoms. The summed E-state index contributed by atoms with van der Waals surface area (Å²) < 4.78 is 7.32. The van der Waals surface area contributed by atoms with E-state index in [2.05, 4.69) is 9.97 Å². The third kappa shape index (κ3) is 1.90. The average Bonchev–Trinajstić information content (AvgIpc) is 2.61. The number of rotatable bonds is 3. The lowest BCUT2D eigenvalue weighted by Crippen LogP contribution is -2.02. The van der Waals surface area contributed by atoms with Crippen molar-refractivity contribution in [2.45, 2.75) is 13.5 Å². The average molecular weight is 204 g/mol. The maximum Gasteiger partial charge on any atom is 0.303 e. The molecule has 0 aliphatic rings. The molecule has 0 saturated heterocycles. The van der Waals surface area contributed by atoms with Gasteiger partial charge in [-0.2, -0.15) is 0 Å². The summed E-state index contributed by atoms with van der Waals surface area (Å²) in [5.74, 6) is 1.24. The molecule has 0 spiro atoms. The molecule has 0 saturated carbocycles. The van der Waals surface area contributed by atoms with E-state index in [4.69, 9.17) is 10.5 Å². The summed E-state index contributed by atoms with van der Waals surface area (Å²) in [5, 5.41) is 0. The van der Waals surface area contributed by atoms with Crippen LogP contribution in [0, 0.1) is 0 Å². The molecule has 5 nitrogen and oxygen atoms in total. The molecule has 2 rings (SSSR count). The number of nitrogen functional groups attached to an aromatic ring is 1. The number of hydrogen-bond acceptors (Lipinski definition) is 4. The summed E-state index contributed by atoms with van der Waals surface area (Å²) in [7, 11) is 0. The van der Waals surface area contributed by atoms with E-state index in [1.807, 2.05) is 13.0 Å². The third-order valence-electron chi connectivity index (χ3n) is 2.01. The van der Waals surface area contributed by atoms with Crippen LogP contribution in [0.15, 0.2) is 30.7 Å². The van der Waals surface area contributed by atoms with Gasteiger partial charge in [-0.1, -0.05) is 0 Å². The van der Waals surface area contributed by atoms with Gasteiger partial charge in [0.15, 0.2) is 0 Å². The molecule has 2 heterocycles. The fourth-order valence-electron chi connectivity index (χ4n) is 1.28. The molecule has 0 bridgehead atoms. The van der Waals surface area contributed by atoms with Crippen LogP contribution >= 0.6 is 0 Å². The molecule has 78 valence electrons. The normalized spacial score (nSPS) is 10.2. The predicted molar refractivity (Wildman–Crippen MR) is 56.6 cm³/mol. The maximum atomic E-state index is 5.71. The molecule has 2 N–H and O–H groups in total. The summed E-state index contributed by atoms with van der Waals surface area (Å²) >= 11 is 0. The number of pyridine rings is 1.